The topological polar surface area (TPSA) is 116 Å². The standard InChI is InChI=1S/C26H33Cl2N3O6S/c1-17-13-31(18(2)12-30(17)14-19-5-7-21(27)8-6-19)24(32)15-37-23-10-9-22(28)11-20(23)16-38(35,36)29-25(33)26(3,4)34/h5-11,17-18,34H,12-16H2,1-4H3,(H,29,33)/t17-,18+/m0/s1. The van der Waals surface area contributed by atoms with Crippen LogP contribution in [0.4, 0.5) is 0 Å². The molecule has 0 aromatic heterocycles. The highest BCUT2D eigenvalue weighted by molar-refractivity contribution is 7.89. The molecule has 0 aliphatic carbocycles. The second kappa shape index (κ2) is 12.2. The molecule has 2 aromatic carbocycles. The molecule has 0 bridgehead atoms. The first kappa shape index (κ1) is 30.2. The largest absolute Gasteiger partial charge is 0.483 e. The van der Waals surface area contributed by atoms with Gasteiger partial charge in [0.25, 0.3) is 11.8 Å². The molecule has 0 radical (unpaired) electrons. The van der Waals surface area contributed by atoms with Crippen LogP contribution in [0.5, 0.6) is 5.75 Å². The number of piperazine rings is 1. The number of benzene rings is 2. The highest BCUT2D eigenvalue weighted by Gasteiger charge is 2.32. The minimum atomic E-state index is -4.17. The molecule has 2 N–H and O–H groups in total. The van der Waals surface area contributed by atoms with Crippen molar-refractivity contribution in [2.24, 2.45) is 0 Å². The quantitative estimate of drug-likeness (QED) is 0.464. The van der Waals surface area contributed by atoms with Crippen LogP contribution in [0, 0.1) is 0 Å². The van der Waals surface area contributed by atoms with E-state index in [0.717, 1.165) is 12.1 Å². The van der Waals surface area contributed by atoms with Crippen molar-refractivity contribution in [3.05, 3.63) is 63.6 Å². The summed E-state index contributed by atoms with van der Waals surface area (Å²) in [5, 5.41) is 10.7. The van der Waals surface area contributed by atoms with Crippen molar-refractivity contribution in [1.29, 1.82) is 0 Å². The summed E-state index contributed by atoms with van der Waals surface area (Å²) < 4.78 is 32.7. The number of amides is 2. The second-order valence-electron chi connectivity index (χ2n) is 10.1. The number of ether oxygens (including phenoxy) is 1. The average molecular weight is 587 g/mol. The maximum absolute atomic E-state index is 13.1. The predicted molar refractivity (Wildman–Crippen MR) is 147 cm³/mol. The van der Waals surface area contributed by atoms with E-state index < -0.39 is 27.3 Å². The van der Waals surface area contributed by atoms with Crippen molar-refractivity contribution < 1.29 is 27.9 Å². The molecular formula is C26H33Cl2N3O6S. The zero-order chi connectivity index (χ0) is 28.3. The zero-order valence-corrected chi connectivity index (χ0v) is 24.1. The number of hydrogen-bond acceptors (Lipinski definition) is 7. The summed E-state index contributed by atoms with van der Waals surface area (Å²) in [7, 11) is -4.17. The molecule has 1 aliphatic heterocycles. The fourth-order valence-corrected chi connectivity index (χ4v) is 5.68. The Labute approximate surface area is 233 Å². The lowest BCUT2D eigenvalue weighted by Gasteiger charge is -2.44. The Bertz CT molecular complexity index is 1260. The van der Waals surface area contributed by atoms with Crippen LogP contribution in [-0.4, -0.2) is 72.5 Å². The Kier molecular flexibility index (Phi) is 9.70. The number of halogens is 2. The summed E-state index contributed by atoms with van der Waals surface area (Å²) in [5.41, 5.74) is -0.559. The van der Waals surface area contributed by atoms with Gasteiger partial charge in [0.05, 0.1) is 5.75 Å². The number of hydrogen-bond donors (Lipinski definition) is 2. The molecule has 9 nitrogen and oxygen atoms in total. The summed E-state index contributed by atoms with van der Waals surface area (Å²) in [6.07, 6.45) is 0. The molecule has 1 saturated heterocycles. The molecule has 38 heavy (non-hydrogen) atoms. The molecule has 1 heterocycles. The Hall–Kier alpha value is -2.37. The Morgan fingerprint density at radius 1 is 1.05 bits per heavy atom. The Balaban J connectivity index is 1.63. The van der Waals surface area contributed by atoms with E-state index in [4.69, 9.17) is 27.9 Å². The van der Waals surface area contributed by atoms with Crippen molar-refractivity contribution in [2.45, 2.75) is 57.7 Å². The van der Waals surface area contributed by atoms with E-state index in [9.17, 15) is 23.1 Å². The van der Waals surface area contributed by atoms with Crippen LogP contribution in [0.1, 0.15) is 38.8 Å². The number of sulfonamides is 1. The van der Waals surface area contributed by atoms with E-state index in [1.807, 2.05) is 35.9 Å². The summed E-state index contributed by atoms with van der Waals surface area (Å²) in [6.45, 7) is 8.04. The van der Waals surface area contributed by atoms with Gasteiger partial charge in [-0.1, -0.05) is 35.3 Å². The monoisotopic (exact) mass is 585 g/mol. The fraction of sp³-hybridized carbons (Fsp3) is 0.462. The first-order valence-corrected chi connectivity index (χ1v) is 14.5. The van der Waals surface area contributed by atoms with Crippen molar-refractivity contribution in [2.75, 3.05) is 19.7 Å². The lowest BCUT2D eigenvalue weighted by atomic mass is 10.1. The molecule has 3 rings (SSSR count). The minimum absolute atomic E-state index is 0.0586. The van der Waals surface area contributed by atoms with Crippen molar-refractivity contribution in [3.63, 3.8) is 0 Å². The van der Waals surface area contributed by atoms with Crippen LogP contribution in [0.25, 0.3) is 0 Å². The molecular weight excluding hydrogens is 553 g/mol. The first-order chi connectivity index (χ1) is 17.6. The van der Waals surface area contributed by atoms with E-state index in [1.165, 1.54) is 32.0 Å². The van der Waals surface area contributed by atoms with Crippen LogP contribution in [0.2, 0.25) is 10.0 Å². The SMILES string of the molecule is C[C@@H]1CN(Cc2ccc(Cl)cc2)[C@@H](C)CN1C(=O)COc1ccc(Cl)cc1CS(=O)(=O)NC(=O)C(C)(C)O. The normalized spacial score (nSPS) is 18.8. The summed E-state index contributed by atoms with van der Waals surface area (Å²) in [6, 6.07) is 12.2. The number of nitrogens with one attached hydrogen (secondary N) is 1. The van der Waals surface area contributed by atoms with Gasteiger partial charge in [-0.25, -0.2) is 8.42 Å². The predicted octanol–water partition coefficient (Wildman–Crippen LogP) is 3.21. The molecule has 0 saturated carbocycles. The highest BCUT2D eigenvalue weighted by atomic mass is 35.5. The smallest absolute Gasteiger partial charge is 0.264 e. The number of carbonyl (C=O) groups excluding carboxylic acids is 2. The van der Waals surface area contributed by atoms with Gasteiger partial charge in [0, 0.05) is 47.3 Å². The molecule has 2 amide bonds. The number of nitrogens with zero attached hydrogens (tertiary/aromatic N) is 2. The van der Waals surface area contributed by atoms with Crippen molar-refractivity contribution in [3.8, 4) is 5.75 Å². The van der Waals surface area contributed by atoms with Gasteiger partial charge in [-0.05, 0) is 63.6 Å². The third kappa shape index (κ3) is 8.31. The van der Waals surface area contributed by atoms with Gasteiger partial charge in [0.1, 0.15) is 11.4 Å². The Morgan fingerprint density at radius 3 is 2.32 bits per heavy atom. The molecule has 2 aromatic rings. The number of carbonyl (C=O) groups is 2. The van der Waals surface area contributed by atoms with E-state index in [-0.39, 0.29) is 40.9 Å². The van der Waals surface area contributed by atoms with Crippen LogP contribution in [0.3, 0.4) is 0 Å². The van der Waals surface area contributed by atoms with Crippen LogP contribution >= 0.6 is 23.2 Å². The lowest BCUT2D eigenvalue weighted by molar-refractivity contribution is -0.139. The summed E-state index contributed by atoms with van der Waals surface area (Å²) in [5.74, 6) is -1.76. The van der Waals surface area contributed by atoms with Gasteiger partial charge in [0.15, 0.2) is 6.61 Å². The zero-order valence-electron chi connectivity index (χ0n) is 21.8. The number of rotatable bonds is 9. The summed E-state index contributed by atoms with van der Waals surface area (Å²) >= 11 is 12.0. The van der Waals surface area contributed by atoms with Crippen molar-refractivity contribution >= 4 is 45.0 Å². The lowest BCUT2D eigenvalue weighted by Crippen LogP contribution is -2.58. The Morgan fingerprint density at radius 2 is 1.68 bits per heavy atom. The third-order valence-corrected chi connectivity index (χ3v) is 7.93. The molecule has 1 fully saturated rings. The number of aliphatic hydroxyl groups is 1. The molecule has 0 spiro atoms. The van der Waals surface area contributed by atoms with E-state index in [2.05, 4.69) is 11.8 Å². The average Bonchev–Trinajstić information content (AvgIpc) is 2.80. The fourth-order valence-electron chi connectivity index (χ4n) is 4.12. The van der Waals surface area contributed by atoms with Gasteiger partial charge in [-0.3, -0.25) is 19.2 Å². The molecule has 0 unspecified atom stereocenters. The maximum atomic E-state index is 13.1. The second-order valence-corrected chi connectivity index (χ2v) is 12.7. The van der Waals surface area contributed by atoms with Crippen molar-refractivity contribution in [1.82, 2.24) is 14.5 Å². The molecule has 2 atom stereocenters. The first-order valence-electron chi connectivity index (χ1n) is 12.1. The van der Waals surface area contributed by atoms with Crippen LogP contribution in [-0.2, 0) is 31.9 Å². The third-order valence-electron chi connectivity index (χ3n) is 6.26. The van der Waals surface area contributed by atoms with E-state index in [0.29, 0.717) is 18.1 Å². The van der Waals surface area contributed by atoms with Gasteiger partial charge < -0.3 is 14.7 Å². The van der Waals surface area contributed by atoms with Gasteiger partial charge >= 0.3 is 0 Å². The molecule has 1 aliphatic rings. The van der Waals surface area contributed by atoms with Gasteiger partial charge in [0.2, 0.25) is 10.0 Å². The van der Waals surface area contributed by atoms with E-state index in [1.54, 1.807) is 4.90 Å². The van der Waals surface area contributed by atoms with Crippen LogP contribution in [0.15, 0.2) is 42.5 Å². The minimum Gasteiger partial charge on any atom is -0.483 e. The van der Waals surface area contributed by atoms with Gasteiger partial charge in [-0.15, -0.1) is 0 Å². The molecule has 208 valence electrons. The summed E-state index contributed by atoms with van der Waals surface area (Å²) in [4.78, 5) is 29.1. The van der Waals surface area contributed by atoms with Crippen LogP contribution < -0.4 is 9.46 Å². The maximum Gasteiger partial charge on any atom is 0.264 e. The van der Waals surface area contributed by atoms with E-state index >= 15 is 0 Å². The highest BCUT2D eigenvalue weighted by Crippen LogP contribution is 2.26. The van der Waals surface area contributed by atoms with Gasteiger partial charge in [-0.2, -0.15) is 0 Å². The molecule has 12 heteroatoms.